The van der Waals surface area contributed by atoms with Crippen LogP contribution >= 0.6 is 23.2 Å². The highest BCUT2D eigenvalue weighted by Crippen LogP contribution is 2.26. The Hall–Kier alpha value is -1.18. The number of hydrogen-bond donors (Lipinski definition) is 1. The van der Waals surface area contributed by atoms with E-state index in [-0.39, 0.29) is 6.04 Å². The van der Waals surface area contributed by atoms with Gasteiger partial charge >= 0.3 is 0 Å². The van der Waals surface area contributed by atoms with Crippen molar-refractivity contribution in [3.8, 4) is 0 Å². The lowest BCUT2D eigenvalue weighted by atomic mass is 9.99. The molecule has 106 valence electrons. The molecule has 0 aliphatic rings. The molecule has 0 amide bonds. The minimum atomic E-state index is 0.200. The van der Waals surface area contributed by atoms with Crippen LogP contribution in [0, 0.1) is 0 Å². The molecule has 0 aliphatic heterocycles. The number of anilines is 1. The lowest BCUT2D eigenvalue weighted by molar-refractivity contribution is 0.852. The van der Waals surface area contributed by atoms with Gasteiger partial charge in [0.05, 0.1) is 0 Å². The summed E-state index contributed by atoms with van der Waals surface area (Å²) < 4.78 is 0. The molecular formula is C17H19Cl2N. The van der Waals surface area contributed by atoms with Crippen molar-refractivity contribution in [2.24, 2.45) is 0 Å². The van der Waals surface area contributed by atoms with Crippen molar-refractivity contribution in [3.63, 3.8) is 0 Å². The van der Waals surface area contributed by atoms with Gasteiger partial charge in [-0.05, 0) is 42.2 Å². The maximum absolute atomic E-state index is 6.01. The van der Waals surface area contributed by atoms with E-state index in [1.54, 1.807) is 6.07 Å². The summed E-state index contributed by atoms with van der Waals surface area (Å²) in [4.78, 5) is 0. The van der Waals surface area contributed by atoms with Crippen LogP contribution in [0.5, 0.6) is 0 Å². The van der Waals surface area contributed by atoms with Gasteiger partial charge in [0.1, 0.15) is 0 Å². The summed E-state index contributed by atoms with van der Waals surface area (Å²) in [6.45, 7) is 6.52. The molecule has 0 saturated heterocycles. The number of halogens is 2. The lowest BCUT2D eigenvalue weighted by Gasteiger charge is -2.17. The molecule has 2 aromatic rings. The second-order valence-corrected chi connectivity index (χ2v) is 6.22. The first-order valence-corrected chi connectivity index (χ1v) is 7.54. The van der Waals surface area contributed by atoms with E-state index in [0.717, 1.165) is 5.69 Å². The van der Waals surface area contributed by atoms with Crippen LogP contribution in [0.1, 0.15) is 43.9 Å². The Morgan fingerprint density at radius 1 is 0.800 bits per heavy atom. The summed E-state index contributed by atoms with van der Waals surface area (Å²) in [5, 5.41) is 4.70. The third kappa shape index (κ3) is 3.91. The summed E-state index contributed by atoms with van der Waals surface area (Å²) in [6.07, 6.45) is 0. The van der Waals surface area contributed by atoms with Gasteiger partial charge in [0.2, 0.25) is 0 Å². The van der Waals surface area contributed by atoms with Crippen molar-refractivity contribution in [2.45, 2.75) is 32.7 Å². The SMILES string of the molecule is CC(C)c1ccc(C(C)Nc2cc(Cl)cc(Cl)c2)cc1. The second-order valence-electron chi connectivity index (χ2n) is 5.35. The Balaban J connectivity index is 2.13. The van der Waals surface area contributed by atoms with Gasteiger partial charge in [0.15, 0.2) is 0 Å². The predicted molar refractivity (Wildman–Crippen MR) is 89.0 cm³/mol. The number of benzene rings is 2. The molecular weight excluding hydrogens is 289 g/mol. The summed E-state index contributed by atoms with van der Waals surface area (Å²) in [5.41, 5.74) is 3.53. The molecule has 2 aromatic carbocycles. The highest BCUT2D eigenvalue weighted by Gasteiger charge is 2.07. The van der Waals surface area contributed by atoms with Crippen molar-refractivity contribution in [1.82, 2.24) is 0 Å². The molecule has 2 rings (SSSR count). The van der Waals surface area contributed by atoms with Crippen molar-refractivity contribution in [2.75, 3.05) is 5.32 Å². The van der Waals surface area contributed by atoms with Crippen LogP contribution in [0.4, 0.5) is 5.69 Å². The summed E-state index contributed by atoms with van der Waals surface area (Å²) >= 11 is 12.0. The van der Waals surface area contributed by atoms with Crippen LogP contribution in [0.25, 0.3) is 0 Å². The molecule has 0 aromatic heterocycles. The minimum Gasteiger partial charge on any atom is -0.378 e. The van der Waals surface area contributed by atoms with E-state index in [1.807, 2.05) is 12.1 Å². The van der Waals surface area contributed by atoms with Crippen LogP contribution in [0.15, 0.2) is 42.5 Å². The predicted octanol–water partition coefficient (Wildman–Crippen LogP) is 6.29. The first kappa shape index (κ1) is 15.2. The number of rotatable bonds is 4. The third-order valence-corrected chi connectivity index (χ3v) is 3.79. The molecule has 1 unspecified atom stereocenters. The van der Waals surface area contributed by atoms with E-state index in [9.17, 15) is 0 Å². The molecule has 0 heterocycles. The van der Waals surface area contributed by atoms with Crippen LogP contribution < -0.4 is 5.32 Å². The maximum Gasteiger partial charge on any atom is 0.0485 e. The Morgan fingerprint density at radius 2 is 1.30 bits per heavy atom. The maximum atomic E-state index is 6.01. The fourth-order valence-corrected chi connectivity index (χ4v) is 2.67. The van der Waals surface area contributed by atoms with Gasteiger partial charge in [-0.1, -0.05) is 61.3 Å². The average Bonchev–Trinajstić information content (AvgIpc) is 2.37. The van der Waals surface area contributed by atoms with Crippen LogP contribution in [-0.2, 0) is 0 Å². The van der Waals surface area contributed by atoms with E-state index in [1.165, 1.54) is 11.1 Å². The third-order valence-electron chi connectivity index (χ3n) is 3.35. The van der Waals surface area contributed by atoms with Crippen molar-refractivity contribution in [3.05, 3.63) is 63.6 Å². The minimum absolute atomic E-state index is 0.200. The van der Waals surface area contributed by atoms with Crippen molar-refractivity contribution < 1.29 is 0 Å². The smallest absolute Gasteiger partial charge is 0.0485 e. The molecule has 0 bridgehead atoms. The lowest BCUT2D eigenvalue weighted by Crippen LogP contribution is -2.06. The normalized spacial score (nSPS) is 12.5. The Morgan fingerprint density at radius 3 is 1.80 bits per heavy atom. The first-order chi connectivity index (χ1) is 9.45. The van der Waals surface area contributed by atoms with Gasteiger partial charge in [-0.2, -0.15) is 0 Å². The van der Waals surface area contributed by atoms with E-state index in [0.29, 0.717) is 16.0 Å². The molecule has 1 nitrogen and oxygen atoms in total. The number of nitrogens with one attached hydrogen (secondary N) is 1. The summed E-state index contributed by atoms with van der Waals surface area (Å²) in [6, 6.07) is 14.4. The molecule has 20 heavy (non-hydrogen) atoms. The van der Waals surface area contributed by atoms with Crippen LogP contribution in [-0.4, -0.2) is 0 Å². The van der Waals surface area contributed by atoms with Gasteiger partial charge in [-0.15, -0.1) is 0 Å². The highest BCUT2D eigenvalue weighted by atomic mass is 35.5. The molecule has 1 atom stereocenters. The summed E-state index contributed by atoms with van der Waals surface area (Å²) in [7, 11) is 0. The second kappa shape index (κ2) is 6.51. The molecule has 0 spiro atoms. The van der Waals surface area contributed by atoms with Gasteiger partial charge in [-0.3, -0.25) is 0 Å². The molecule has 1 N–H and O–H groups in total. The van der Waals surface area contributed by atoms with Crippen LogP contribution in [0.3, 0.4) is 0 Å². The van der Waals surface area contributed by atoms with E-state index in [4.69, 9.17) is 23.2 Å². The molecule has 3 heteroatoms. The Bertz CT molecular complexity index is 556. The topological polar surface area (TPSA) is 12.0 Å². The van der Waals surface area contributed by atoms with Gasteiger partial charge < -0.3 is 5.32 Å². The van der Waals surface area contributed by atoms with E-state index >= 15 is 0 Å². The van der Waals surface area contributed by atoms with Crippen molar-refractivity contribution in [1.29, 1.82) is 0 Å². The first-order valence-electron chi connectivity index (χ1n) is 6.78. The van der Waals surface area contributed by atoms with Crippen LogP contribution in [0.2, 0.25) is 10.0 Å². The zero-order valence-electron chi connectivity index (χ0n) is 12.0. The average molecular weight is 308 g/mol. The van der Waals surface area contributed by atoms with Gasteiger partial charge in [0, 0.05) is 21.8 Å². The fraction of sp³-hybridized carbons (Fsp3) is 0.294. The van der Waals surface area contributed by atoms with E-state index in [2.05, 4.69) is 50.4 Å². The molecule has 0 radical (unpaired) electrons. The van der Waals surface area contributed by atoms with Gasteiger partial charge in [0.25, 0.3) is 0 Å². The molecule has 0 saturated carbocycles. The monoisotopic (exact) mass is 307 g/mol. The Labute approximate surface area is 130 Å². The summed E-state index contributed by atoms with van der Waals surface area (Å²) in [5.74, 6) is 0.555. The zero-order chi connectivity index (χ0) is 14.7. The quantitative estimate of drug-likeness (QED) is 0.700. The van der Waals surface area contributed by atoms with E-state index < -0.39 is 0 Å². The van der Waals surface area contributed by atoms with Crippen molar-refractivity contribution >= 4 is 28.9 Å². The molecule has 0 fully saturated rings. The largest absolute Gasteiger partial charge is 0.378 e. The van der Waals surface area contributed by atoms with Gasteiger partial charge in [-0.25, -0.2) is 0 Å². The zero-order valence-corrected chi connectivity index (χ0v) is 13.5. The highest BCUT2D eigenvalue weighted by molar-refractivity contribution is 6.35. The molecule has 0 aliphatic carbocycles. The standard InChI is InChI=1S/C17H19Cl2N/c1-11(2)13-4-6-14(7-5-13)12(3)20-17-9-15(18)8-16(19)10-17/h4-12,20H,1-3H3. The Kier molecular flexibility index (Phi) is 4.95. The fourth-order valence-electron chi connectivity index (χ4n) is 2.14. The number of hydrogen-bond acceptors (Lipinski definition) is 1.